The number of morpholine rings is 1. The summed E-state index contributed by atoms with van der Waals surface area (Å²) in [5, 5.41) is 10.00. The van der Waals surface area contributed by atoms with Crippen molar-refractivity contribution >= 4 is 28.8 Å². The molecule has 1 atom stereocenters. The Kier molecular flexibility index (Phi) is 6.87. The zero-order valence-electron chi connectivity index (χ0n) is 19.2. The molecule has 35 heavy (non-hydrogen) atoms. The smallest absolute Gasteiger partial charge is 0.261 e. The molecule has 3 aromatic rings. The van der Waals surface area contributed by atoms with Gasteiger partial charge >= 0.3 is 0 Å². The van der Waals surface area contributed by atoms with Crippen LogP contribution in [0, 0.1) is 0 Å². The molecular weight excluding hydrogens is 455 g/mol. The van der Waals surface area contributed by atoms with E-state index < -0.39 is 6.17 Å². The third-order valence-corrected chi connectivity index (χ3v) is 6.13. The highest BCUT2D eigenvalue weighted by Crippen LogP contribution is 2.33. The Morgan fingerprint density at radius 1 is 1.20 bits per heavy atom. The van der Waals surface area contributed by atoms with Crippen LogP contribution in [0.1, 0.15) is 39.1 Å². The summed E-state index contributed by atoms with van der Waals surface area (Å²) in [4.78, 5) is 31.4. The van der Waals surface area contributed by atoms with Crippen molar-refractivity contribution in [1.82, 2.24) is 19.9 Å². The zero-order chi connectivity index (χ0) is 24.2. The van der Waals surface area contributed by atoms with Gasteiger partial charge in [0.2, 0.25) is 0 Å². The van der Waals surface area contributed by atoms with Gasteiger partial charge in [-0.25, -0.2) is 13.9 Å². The van der Waals surface area contributed by atoms with Crippen LogP contribution < -0.4 is 15.5 Å². The van der Waals surface area contributed by atoms with E-state index in [0.29, 0.717) is 68.3 Å². The monoisotopic (exact) mass is 482 g/mol. The number of aromatic nitrogens is 3. The van der Waals surface area contributed by atoms with Gasteiger partial charge in [0, 0.05) is 44.2 Å². The molecule has 0 bridgehead atoms. The second kappa shape index (κ2) is 10.4. The number of amides is 2. The van der Waals surface area contributed by atoms with Crippen LogP contribution in [-0.4, -0.2) is 72.1 Å². The van der Waals surface area contributed by atoms with Crippen LogP contribution in [0.25, 0.3) is 5.65 Å². The van der Waals surface area contributed by atoms with E-state index in [0.717, 1.165) is 24.3 Å². The van der Waals surface area contributed by atoms with Crippen molar-refractivity contribution in [2.75, 3.05) is 49.7 Å². The normalized spacial score (nSPS) is 19.5. The maximum absolute atomic E-state index is 13.0. The number of halogens is 1. The lowest BCUT2D eigenvalue weighted by Crippen LogP contribution is -2.37. The van der Waals surface area contributed by atoms with Gasteiger partial charge in [-0.3, -0.25) is 9.59 Å². The molecule has 0 aliphatic carbocycles. The number of fused-ring (bicyclic) bond motifs is 2. The average molecular weight is 483 g/mol. The summed E-state index contributed by atoms with van der Waals surface area (Å²) in [6, 6.07) is 5.48. The molecule has 5 heterocycles. The number of benzene rings is 1. The highest BCUT2D eigenvalue weighted by molar-refractivity contribution is 6.10. The second-order valence-electron chi connectivity index (χ2n) is 8.52. The predicted octanol–water partition coefficient (Wildman–Crippen LogP) is 2.20. The molecular formula is C24H27FN6O4. The third kappa shape index (κ3) is 5.10. The fraction of sp³-hybridized carbons (Fsp3) is 0.417. The van der Waals surface area contributed by atoms with Crippen LogP contribution in [0.3, 0.4) is 0 Å². The van der Waals surface area contributed by atoms with Gasteiger partial charge in [0.25, 0.3) is 11.8 Å². The number of rotatable bonds is 3. The average Bonchev–Trinajstić information content (AvgIpc) is 3.48. The summed E-state index contributed by atoms with van der Waals surface area (Å²) in [5.74, 6) is -0.380. The first kappa shape index (κ1) is 23.2. The van der Waals surface area contributed by atoms with Crippen molar-refractivity contribution in [3.8, 4) is 0 Å². The summed E-state index contributed by atoms with van der Waals surface area (Å²) in [5.41, 5.74) is 3.89. The molecule has 0 radical (unpaired) electrons. The van der Waals surface area contributed by atoms with E-state index in [-0.39, 0.29) is 11.8 Å². The lowest BCUT2D eigenvalue weighted by Gasteiger charge is -2.31. The van der Waals surface area contributed by atoms with E-state index in [2.05, 4.69) is 25.6 Å². The minimum atomic E-state index is -0.686. The van der Waals surface area contributed by atoms with Crippen molar-refractivity contribution in [2.24, 2.45) is 0 Å². The van der Waals surface area contributed by atoms with Crippen LogP contribution in [0.15, 0.2) is 36.8 Å². The first-order chi connectivity index (χ1) is 17.1. The summed E-state index contributed by atoms with van der Waals surface area (Å²) >= 11 is 0. The minimum Gasteiger partial charge on any atom is -0.378 e. The molecule has 11 heteroatoms. The molecule has 2 N–H and O–H groups in total. The number of carbonyl (C=O) groups excluding carboxylic acids is 2. The second-order valence-corrected chi connectivity index (χ2v) is 8.52. The molecule has 3 aliphatic heterocycles. The van der Waals surface area contributed by atoms with Gasteiger partial charge < -0.3 is 25.0 Å². The van der Waals surface area contributed by atoms with Gasteiger partial charge in [-0.05, 0) is 36.6 Å². The Bertz CT molecular complexity index is 1220. The molecule has 0 saturated carbocycles. The number of ether oxygens (including phenoxy) is 2. The number of anilines is 2. The summed E-state index contributed by atoms with van der Waals surface area (Å²) in [6.45, 7) is 4.13. The van der Waals surface area contributed by atoms with E-state index in [9.17, 15) is 14.0 Å². The Morgan fingerprint density at radius 3 is 2.80 bits per heavy atom. The van der Waals surface area contributed by atoms with Crippen LogP contribution in [0.4, 0.5) is 15.8 Å². The largest absolute Gasteiger partial charge is 0.378 e. The van der Waals surface area contributed by atoms with Crippen LogP contribution in [-0.2, 0) is 16.0 Å². The molecule has 10 nitrogen and oxygen atoms in total. The van der Waals surface area contributed by atoms with Gasteiger partial charge in [0.1, 0.15) is 11.7 Å². The van der Waals surface area contributed by atoms with Crippen molar-refractivity contribution in [3.05, 3.63) is 53.5 Å². The van der Waals surface area contributed by atoms with E-state index in [4.69, 9.17) is 9.47 Å². The van der Waals surface area contributed by atoms with E-state index in [1.165, 1.54) is 6.20 Å². The molecule has 3 aliphatic rings. The molecule has 2 aromatic heterocycles. The van der Waals surface area contributed by atoms with Gasteiger partial charge in [0.05, 0.1) is 37.4 Å². The van der Waals surface area contributed by atoms with Gasteiger partial charge in [-0.15, -0.1) is 0 Å². The van der Waals surface area contributed by atoms with Gasteiger partial charge in [-0.1, -0.05) is 0 Å². The quantitative estimate of drug-likeness (QED) is 0.589. The topological polar surface area (TPSA) is 110 Å². The number of nitrogens with zero attached hydrogens (tertiary/aromatic N) is 4. The number of alkyl halides is 1. The standard InChI is InChI=1S/C19H18N6O3.C5H9FO/c26-18-13-9-16(24-4-6-28-7-5-24)15(8-12(13)10-21-18)23-19(27)14-11-22-25-3-1-2-20-17(14)25;6-5-2-1-3-7-4-5/h1-3,8-9,11H,4-7,10H2,(H,21,26)(H,23,27);5H,1-4H2. The van der Waals surface area contributed by atoms with Crippen molar-refractivity contribution in [1.29, 1.82) is 0 Å². The Morgan fingerprint density at radius 2 is 2.06 bits per heavy atom. The van der Waals surface area contributed by atoms with Crippen molar-refractivity contribution in [2.45, 2.75) is 25.6 Å². The zero-order valence-corrected chi connectivity index (χ0v) is 19.2. The number of nitrogens with one attached hydrogen (secondary N) is 2. The number of hydrogen-bond donors (Lipinski definition) is 2. The molecule has 184 valence electrons. The Balaban J connectivity index is 0.000000313. The Labute approximate surface area is 201 Å². The fourth-order valence-corrected chi connectivity index (χ4v) is 4.31. The summed E-state index contributed by atoms with van der Waals surface area (Å²) in [7, 11) is 0. The summed E-state index contributed by atoms with van der Waals surface area (Å²) < 4.78 is 23.9. The molecule has 1 aromatic carbocycles. The minimum absolute atomic E-state index is 0.0887. The van der Waals surface area contributed by atoms with Gasteiger partial charge in [0.15, 0.2) is 5.65 Å². The number of hydrogen-bond acceptors (Lipinski definition) is 7. The highest BCUT2D eigenvalue weighted by Gasteiger charge is 2.25. The van der Waals surface area contributed by atoms with Crippen LogP contribution in [0.5, 0.6) is 0 Å². The fourth-order valence-electron chi connectivity index (χ4n) is 4.31. The first-order valence-electron chi connectivity index (χ1n) is 11.7. The lowest BCUT2D eigenvalue weighted by atomic mass is 10.1. The SMILES string of the molecule is FC1CCCOC1.O=C1NCc2cc(NC(=O)c3cnn4cccnc34)c(N3CCOCC3)cc21. The number of carbonyl (C=O) groups is 2. The highest BCUT2D eigenvalue weighted by atomic mass is 19.1. The molecule has 2 saturated heterocycles. The molecule has 0 spiro atoms. The van der Waals surface area contributed by atoms with Crippen LogP contribution >= 0.6 is 0 Å². The third-order valence-electron chi connectivity index (χ3n) is 6.13. The summed E-state index contributed by atoms with van der Waals surface area (Å²) in [6.07, 6.45) is 5.77. The van der Waals surface area contributed by atoms with E-state index >= 15 is 0 Å². The molecule has 2 amide bonds. The predicted molar refractivity (Wildman–Crippen MR) is 127 cm³/mol. The van der Waals surface area contributed by atoms with Crippen molar-refractivity contribution < 1.29 is 23.5 Å². The molecule has 1 unspecified atom stereocenters. The Hall–Kier alpha value is -3.57. The maximum Gasteiger partial charge on any atom is 0.261 e. The van der Waals surface area contributed by atoms with Gasteiger partial charge in [-0.2, -0.15) is 5.10 Å². The van der Waals surface area contributed by atoms with Crippen molar-refractivity contribution in [3.63, 3.8) is 0 Å². The molecule has 2 fully saturated rings. The maximum atomic E-state index is 13.0. The lowest BCUT2D eigenvalue weighted by molar-refractivity contribution is 0.0366. The molecule has 6 rings (SSSR count). The van der Waals surface area contributed by atoms with E-state index in [1.54, 1.807) is 23.0 Å². The first-order valence-corrected chi connectivity index (χ1v) is 11.7. The van der Waals surface area contributed by atoms with E-state index in [1.807, 2.05) is 12.1 Å². The van der Waals surface area contributed by atoms with Crippen LogP contribution in [0.2, 0.25) is 0 Å².